The minimum Gasteiger partial charge on any atom is -0.315 e. The van der Waals surface area contributed by atoms with Gasteiger partial charge in [0.1, 0.15) is 0 Å². The van der Waals surface area contributed by atoms with Crippen LogP contribution in [0.3, 0.4) is 0 Å². The van der Waals surface area contributed by atoms with E-state index in [1.165, 1.54) is 12.1 Å². The Morgan fingerprint density at radius 1 is 1.05 bits per heavy atom. The zero-order valence-electron chi connectivity index (χ0n) is 11.1. The van der Waals surface area contributed by atoms with Gasteiger partial charge in [-0.25, -0.2) is 4.68 Å². The summed E-state index contributed by atoms with van der Waals surface area (Å²) in [7, 11) is 0. The fourth-order valence-electron chi connectivity index (χ4n) is 2.54. The summed E-state index contributed by atoms with van der Waals surface area (Å²) in [6, 6.07) is 12.5. The molecule has 0 amide bonds. The van der Waals surface area contributed by atoms with Crippen LogP contribution in [0, 0.1) is 0 Å². The van der Waals surface area contributed by atoms with Gasteiger partial charge in [-0.2, -0.15) is 5.10 Å². The van der Waals surface area contributed by atoms with E-state index in [9.17, 15) is 0 Å². The molecule has 0 saturated carbocycles. The predicted octanol–water partition coefficient (Wildman–Crippen LogP) is 1.67. The van der Waals surface area contributed by atoms with Gasteiger partial charge in [0.15, 0.2) is 0 Å². The molecule has 0 aliphatic carbocycles. The molecular weight excluding hydrogens is 236 g/mol. The van der Waals surface area contributed by atoms with Crippen molar-refractivity contribution in [2.75, 3.05) is 26.2 Å². The number of hydrogen-bond donors (Lipinski definition) is 1. The first-order valence-corrected chi connectivity index (χ1v) is 6.95. The SMILES string of the molecule is c1ccc(-n2nccc2CN2CCCNCC2)cc1. The summed E-state index contributed by atoms with van der Waals surface area (Å²) < 4.78 is 2.04. The highest BCUT2D eigenvalue weighted by atomic mass is 15.3. The smallest absolute Gasteiger partial charge is 0.0649 e. The van der Waals surface area contributed by atoms with E-state index in [0.29, 0.717) is 0 Å². The first-order valence-electron chi connectivity index (χ1n) is 6.95. The molecule has 0 spiro atoms. The molecule has 3 rings (SSSR count). The van der Waals surface area contributed by atoms with Gasteiger partial charge in [0, 0.05) is 25.8 Å². The summed E-state index contributed by atoms with van der Waals surface area (Å²) in [6.45, 7) is 5.46. The van der Waals surface area contributed by atoms with Crippen molar-refractivity contribution in [2.45, 2.75) is 13.0 Å². The molecule has 0 atom stereocenters. The normalized spacial score (nSPS) is 17.3. The van der Waals surface area contributed by atoms with Crippen molar-refractivity contribution in [3.05, 3.63) is 48.3 Å². The van der Waals surface area contributed by atoms with E-state index >= 15 is 0 Å². The van der Waals surface area contributed by atoms with E-state index in [0.717, 1.165) is 38.4 Å². The van der Waals surface area contributed by atoms with E-state index < -0.39 is 0 Å². The minimum atomic E-state index is 0.969. The van der Waals surface area contributed by atoms with Crippen LogP contribution in [0.25, 0.3) is 5.69 Å². The van der Waals surface area contributed by atoms with Crippen LogP contribution in [-0.4, -0.2) is 40.9 Å². The van der Waals surface area contributed by atoms with Gasteiger partial charge in [-0.3, -0.25) is 4.90 Å². The lowest BCUT2D eigenvalue weighted by Gasteiger charge is -2.19. The molecule has 19 heavy (non-hydrogen) atoms. The highest BCUT2D eigenvalue weighted by molar-refractivity contribution is 5.32. The lowest BCUT2D eigenvalue weighted by molar-refractivity contribution is 0.278. The van der Waals surface area contributed by atoms with Crippen LogP contribution in [-0.2, 0) is 6.54 Å². The third kappa shape index (κ3) is 3.03. The topological polar surface area (TPSA) is 33.1 Å². The van der Waals surface area contributed by atoms with Gasteiger partial charge >= 0.3 is 0 Å². The van der Waals surface area contributed by atoms with Gasteiger partial charge in [-0.05, 0) is 37.7 Å². The van der Waals surface area contributed by atoms with Crippen molar-refractivity contribution in [1.29, 1.82) is 0 Å². The maximum Gasteiger partial charge on any atom is 0.0649 e. The molecule has 0 unspecified atom stereocenters. The average Bonchev–Trinajstić information content (AvgIpc) is 2.75. The molecule has 1 aliphatic rings. The van der Waals surface area contributed by atoms with Gasteiger partial charge in [0.25, 0.3) is 0 Å². The van der Waals surface area contributed by atoms with E-state index in [-0.39, 0.29) is 0 Å². The molecule has 1 fully saturated rings. The molecule has 1 aliphatic heterocycles. The number of nitrogens with one attached hydrogen (secondary N) is 1. The molecule has 4 heteroatoms. The summed E-state index contributed by atoms with van der Waals surface area (Å²) in [5.41, 5.74) is 2.39. The first kappa shape index (κ1) is 12.4. The van der Waals surface area contributed by atoms with Gasteiger partial charge < -0.3 is 5.32 Å². The van der Waals surface area contributed by atoms with Crippen LogP contribution < -0.4 is 5.32 Å². The third-order valence-corrected chi connectivity index (χ3v) is 3.54. The molecule has 1 N–H and O–H groups in total. The van der Waals surface area contributed by atoms with Crippen LogP contribution in [0.5, 0.6) is 0 Å². The Morgan fingerprint density at radius 2 is 1.95 bits per heavy atom. The fraction of sp³-hybridized carbons (Fsp3) is 0.400. The van der Waals surface area contributed by atoms with Crippen molar-refractivity contribution >= 4 is 0 Å². The monoisotopic (exact) mass is 256 g/mol. The molecule has 1 saturated heterocycles. The zero-order valence-corrected chi connectivity index (χ0v) is 11.1. The molecule has 1 aromatic carbocycles. The Labute approximate surface area is 114 Å². The number of rotatable bonds is 3. The molecule has 2 heterocycles. The van der Waals surface area contributed by atoms with E-state index in [1.807, 2.05) is 16.9 Å². The standard InChI is InChI=1S/C15H20N4/c1-2-5-14(6-3-1)19-15(7-9-17-19)13-18-11-4-8-16-10-12-18/h1-3,5-7,9,16H,4,8,10-13H2. The number of nitrogens with zero attached hydrogens (tertiary/aromatic N) is 3. The summed E-state index contributed by atoms with van der Waals surface area (Å²) in [5.74, 6) is 0. The van der Waals surface area contributed by atoms with E-state index in [1.54, 1.807) is 0 Å². The Balaban J connectivity index is 1.76. The second kappa shape index (κ2) is 5.99. The number of aromatic nitrogens is 2. The third-order valence-electron chi connectivity index (χ3n) is 3.54. The van der Waals surface area contributed by atoms with Crippen LogP contribution in [0.1, 0.15) is 12.1 Å². The van der Waals surface area contributed by atoms with Crippen molar-refractivity contribution in [2.24, 2.45) is 0 Å². The fourth-order valence-corrected chi connectivity index (χ4v) is 2.54. The maximum atomic E-state index is 4.45. The van der Waals surface area contributed by atoms with Crippen LogP contribution in [0.2, 0.25) is 0 Å². The number of para-hydroxylation sites is 1. The highest BCUT2D eigenvalue weighted by Gasteiger charge is 2.12. The molecule has 100 valence electrons. The molecule has 2 aromatic rings. The Morgan fingerprint density at radius 3 is 2.84 bits per heavy atom. The van der Waals surface area contributed by atoms with Crippen LogP contribution in [0.4, 0.5) is 0 Å². The molecule has 1 aromatic heterocycles. The van der Waals surface area contributed by atoms with Gasteiger partial charge in [0.05, 0.1) is 11.4 Å². The number of hydrogen-bond acceptors (Lipinski definition) is 3. The summed E-state index contributed by atoms with van der Waals surface area (Å²) in [4.78, 5) is 2.50. The number of benzene rings is 1. The first-order chi connectivity index (χ1) is 9.43. The minimum absolute atomic E-state index is 0.969. The van der Waals surface area contributed by atoms with Gasteiger partial charge in [-0.15, -0.1) is 0 Å². The molecule has 0 radical (unpaired) electrons. The van der Waals surface area contributed by atoms with Gasteiger partial charge in [0.2, 0.25) is 0 Å². The lowest BCUT2D eigenvalue weighted by atomic mass is 10.3. The maximum absolute atomic E-state index is 4.45. The molecule has 4 nitrogen and oxygen atoms in total. The van der Waals surface area contributed by atoms with Crippen molar-refractivity contribution in [1.82, 2.24) is 20.0 Å². The molecular formula is C15H20N4. The van der Waals surface area contributed by atoms with E-state index in [4.69, 9.17) is 0 Å². The average molecular weight is 256 g/mol. The van der Waals surface area contributed by atoms with Gasteiger partial charge in [-0.1, -0.05) is 18.2 Å². The van der Waals surface area contributed by atoms with E-state index in [2.05, 4.69) is 45.6 Å². The summed E-state index contributed by atoms with van der Waals surface area (Å²) in [5, 5.41) is 7.89. The zero-order chi connectivity index (χ0) is 12.9. The van der Waals surface area contributed by atoms with Crippen molar-refractivity contribution in [3.8, 4) is 5.69 Å². The summed E-state index contributed by atoms with van der Waals surface area (Å²) in [6.07, 6.45) is 3.11. The van der Waals surface area contributed by atoms with Crippen LogP contribution in [0.15, 0.2) is 42.6 Å². The Hall–Kier alpha value is -1.65. The van der Waals surface area contributed by atoms with Crippen molar-refractivity contribution in [3.63, 3.8) is 0 Å². The quantitative estimate of drug-likeness (QED) is 0.907. The summed E-state index contributed by atoms with van der Waals surface area (Å²) >= 11 is 0. The predicted molar refractivity (Wildman–Crippen MR) is 76.3 cm³/mol. The van der Waals surface area contributed by atoms with Crippen molar-refractivity contribution < 1.29 is 0 Å². The second-order valence-corrected chi connectivity index (χ2v) is 4.95. The largest absolute Gasteiger partial charge is 0.315 e. The Kier molecular flexibility index (Phi) is 3.91. The highest BCUT2D eigenvalue weighted by Crippen LogP contribution is 2.12. The second-order valence-electron chi connectivity index (χ2n) is 4.95. The Bertz CT molecular complexity index is 498. The molecule has 0 bridgehead atoms. The van der Waals surface area contributed by atoms with Crippen LogP contribution >= 0.6 is 0 Å². The lowest BCUT2D eigenvalue weighted by Crippen LogP contribution is -2.28.